The third-order valence-electron chi connectivity index (χ3n) is 5.24. The number of aryl methyl sites for hydroxylation is 1. The summed E-state index contributed by atoms with van der Waals surface area (Å²) < 4.78 is 16.6. The zero-order valence-electron chi connectivity index (χ0n) is 15.3. The monoisotopic (exact) mass is 372 g/mol. The third kappa shape index (κ3) is 2.65. The first kappa shape index (κ1) is 16.6. The summed E-state index contributed by atoms with van der Waals surface area (Å²) in [6, 6.07) is 14.6. The van der Waals surface area contributed by atoms with Crippen molar-refractivity contribution in [1.82, 2.24) is 19.7 Å². The summed E-state index contributed by atoms with van der Waals surface area (Å²) >= 11 is 0. The van der Waals surface area contributed by atoms with Crippen molar-refractivity contribution in [2.45, 2.75) is 13.1 Å². The molecule has 1 aliphatic heterocycles. The number of aromatic nitrogens is 3. The van der Waals surface area contributed by atoms with Crippen LogP contribution in [0, 0.1) is 5.82 Å². The highest BCUT2D eigenvalue weighted by atomic mass is 19.1. The van der Waals surface area contributed by atoms with Gasteiger partial charge in [0, 0.05) is 30.7 Å². The maximum Gasteiger partial charge on any atom is 0.256 e. The van der Waals surface area contributed by atoms with Crippen LogP contribution in [0.25, 0.3) is 22.0 Å². The van der Waals surface area contributed by atoms with Crippen molar-refractivity contribution in [3.63, 3.8) is 0 Å². The van der Waals surface area contributed by atoms with Crippen molar-refractivity contribution in [1.29, 1.82) is 0 Å². The summed E-state index contributed by atoms with van der Waals surface area (Å²) in [5.41, 5.74) is 4.59. The second-order valence-corrected chi connectivity index (χ2v) is 7.01. The van der Waals surface area contributed by atoms with Gasteiger partial charge in [-0.05, 0) is 41.5 Å². The SMILES string of the molecule is Cn1ncc2cc(-c3ccc(CN4Cc5ncccc5C4=O)c(F)c3)ccc21. The van der Waals surface area contributed by atoms with E-state index in [0.717, 1.165) is 27.7 Å². The molecular weight excluding hydrogens is 355 g/mol. The first-order valence-corrected chi connectivity index (χ1v) is 9.04. The quantitative estimate of drug-likeness (QED) is 0.548. The number of amides is 1. The summed E-state index contributed by atoms with van der Waals surface area (Å²) in [5.74, 6) is -0.422. The first-order chi connectivity index (χ1) is 13.6. The Labute approximate surface area is 161 Å². The lowest BCUT2D eigenvalue weighted by Gasteiger charge is -2.16. The molecule has 0 bridgehead atoms. The minimum absolute atomic E-state index is 0.103. The lowest BCUT2D eigenvalue weighted by Crippen LogP contribution is -2.23. The van der Waals surface area contributed by atoms with Crippen LogP contribution in [-0.2, 0) is 20.1 Å². The highest BCUT2D eigenvalue weighted by Crippen LogP contribution is 2.28. The molecule has 0 aliphatic carbocycles. The largest absolute Gasteiger partial charge is 0.328 e. The van der Waals surface area contributed by atoms with Gasteiger partial charge in [0.1, 0.15) is 5.82 Å². The van der Waals surface area contributed by atoms with Crippen molar-refractivity contribution in [2.75, 3.05) is 0 Å². The van der Waals surface area contributed by atoms with Crippen molar-refractivity contribution in [2.24, 2.45) is 7.05 Å². The molecule has 1 amide bonds. The number of nitrogens with zero attached hydrogens (tertiary/aromatic N) is 4. The Morgan fingerprint density at radius 2 is 1.93 bits per heavy atom. The average Bonchev–Trinajstić information content (AvgIpc) is 3.23. The van der Waals surface area contributed by atoms with Gasteiger partial charge in [-0.15, -0.1) is 0 Å². The summed E-state index contributed by atoms with van der Waals surface area (Å²) in [5, 5.41) is 5.26. The van der Waals surface area contributed by atoms with Gasteiger partial charge in [-0.1, -0.05) is 18.2 Å². The molecule has 5 rings (SSSR count). The fourth-order valence-electron chi connectivity index (χ4n) is 3.71. The van der Waals surface area contributed by atoms with Crippen LogP contribution in [0.15, 0.2) is 60.9 Å². The van der Waals surface area contributed by atoms with Gasteiger partial charge < -0.3 is 4.90 Å². The van der Waals surface area contributed by atoms with Gasteiger partial charge in [-0.3, -0.25) is 14.5 Å². The summed E-state index contributed by atoms with van der Waals surface area (Å²) in [6.07, 6.45) is 3.47. The Kier molecular flexibility index (Phi) is 3.72. The van der Waals surface area contributed by atoms with Crippen LogP contribution in [-0.4, -0.2) is 25.6 Å². The standard InChI is InChI=1S/C22H17FN4O/c1-26-21-7-6-14(9-17(21)11-25-26)15-4-5-16(19(23)10-15)12-27-13-20-18(22(27)28)3-2-8-24-20/h2-11H,12-13H2,1H3. The summed E-state index contributed by atoms with van der Waals surface area (Å²) in [4.78, 5) is 18.3. The second-order valence-electron chi connectivity index (χ2n) is 7.01. The van der Waals surface area contributed by atoms with Crippen molar-refractivity contribution < 1.29 is 9.18 Å². The minimum atomic E-state index is -0.319. The number of carbonyl (C=O) groups excluding carboxylic acids is 1. The van der Waals surface area contributed by atoms with Crippen LogP contribution in [0.1, 0.15) is 21.6 Å². The lowest BCUT2D eigenvalue weighted by molar-refractivity contribution is 0.0765. The van der Waals surface area contributed by atoms with Gasteiger partial charge in [-0.2, -0.15) is 5.10 Å². The van der Waals surface area contributed by atoms with Gasteiger partial charge in [0.05, 0.1) is 29.5 Å². The highest BCUT2D eigenvalue weighted by Gasteiger charge is 2.28. The second kappa shape index (κ2) is 6.27. The predicted octanol–water partition coefficient (Wildman–Crippen LogP) is 3.93. The maximum atomic E-state index is 14.8. The fourth-order valence-corrected chi connectivity index (χ4v) is 3.71. The Morgan fingerprint density at radius 3 is 2.75 bits per heavy atom. The third-order valence-corrected chi connectivity index (χ3v) is 5.24. The van der Waals surface area contributed by atoms with E-state index in [1.54, 1.807) is 35.5 Å². The Morgan fingerprint density at radius 1 is 1.11 bits per heavy atom. The summed E-state index contributed by atoms with van der Waals surface area (Å²) in [6.45, 7) is 0.636. The van der Waals surface area contributed by atoms with E-state index in [2.05, 4.69) is 10.1 Å². The van der Waals surface area contributed by atoms with E-state index >= 15 is 0 Å². The van der Waals surface area contributed by atoms with E-state index in [1.165, 1.54) is 6.07 Å². The van der Waals surface area contributed by atoms with E-state index in [4.69, 9.17) is 0 Å². The molecular formula is C22H17FN4O. The highest BCUT2D eigenvalue weighted by molar-refractivity contribution is 5.97. The normalized spacial score (nSPS) is 13.4. The van der Waals surface area contributed by atoms with Gasteiger partial charge in [-0.25, -0.2) is 4.39 Å². The number of hydrogen-bond donors (Lipinski definition) is 0. The van der Waals surface area contributed by atoms with E-state index in [9.17, 15) is 9.18 Å². The molecule has 0 radical (unpaired) electrons. The number of carbonyl (C=O) groups is 1. The van der Waals surface area contributed by atoms with Crippen LogP contribution in [0.3, 0.4) is 0 Å². The van der Waals surface area contributed by atoms with Gasteiger partial charge in [0.2, 0.25) is 0 Å². The van der Waals surface area contributed by atoms with E-state index < -0.39 is 0 Å². The molecule has 5 nitrogen and oxygen atoms in total. The Balaban J connectivity index is 1.41. The molecule has 4 aromatic rings. The minimum Gasteiger partial charge on any atom is -0.328 e. The fraction of sp³-hybridized carbons (Fsp3) is 0.136. The zero-order chi connectivity index (χ0) is 19.3. The number of fused-ring (bicyclic) bond motifs is 2. The van der Waals surface area contributed by atoms with E-state index in [-0.39, 0.29) is 18.3 Å². The molecule has 0 saturated carbocycles. The smallest absolute Gasteiger partial charge is 0.256 e. The number of halogens is 1. The molecule has 1 aliphatic rings. The van der Waals surface area contributed by atoms with Crippen LogP contribution >= 0.6 is 0 Å². The lowest BCUT2D eigenvalue weighted by atomic mass is 10.0. The van der Waals surface area contributed by atoms with Gasteiger partial charge in [0.15, 0.2) is 0 Å². The van der Waals surface area contributed by atoms with E-state index in [0.29, 0.717) is 17.7 Å². The molecule has 0 unspecified atom stereocenters. The number of benzene rings is 2. The van der Waals surface area contributed by atoms with Crippen LogP contribution in [0.4, 0.5) is 4.39 Å². The molecule has 0 spiro atoms. The van der Waals surface area contributed by atoms with Crippen molar-refractivity contribution in [3.05, 3.63) is 83.6 Å². The average molecular weight is 372 g/mol. The van der Waals surface area contributed by atoms with Gasteiger partial charge >= 0.3 is 0 Å². The molecule has 0 N–H and O–H groups in total. The number of rotatable bonds is 3. The first-order valence-electron chi connectivity index (χ1n) is 9.04. The molecule has 2 aromatic carbocycles. The Bertz CT molecular complexity index is 1230. The van der Waals surface area contributed by atoms with Gasteiger partial charge in [0.25, 0.3) is 5.91 Å². The van der Waals surface area contributed by atoms with Crippen LogP contribution < -0.4 is 0 Å². The molecule has 3 heterocycles. The van der Waals surface area contributed by atoms with Crippen LogP contribution in [0.5, 0.6) is 0 Å². The molecule has 28 heavy (non-hydrogen) atoms. The van der Waals surface area contributed by atoms with Crippen molar-refractivity contribution in [3.8, 4) is 11.1 Å². The van der Waals surface area contributed by atoms with Crippen LogP contribution in [0.2, 0.25) is 0 Å². The molecule has 138 valence electrons. The molecule has 6 heteroatoms. The number of pyridine rings is 1. The molecule has 2 aromatic heterocycles. The number of hydrogen-bond acceptors (Lipinski definition) is 3. The van der Waals surface area contributed by atoms with Crippen molar-refractivity contribution >= 4 is 16.8 Å². The summed E-state index contributed by atoms with van der Waals surface area (Å²) in [7, 11) is 1.89. The van der Waals surface area contributed by atoms with E-state index in [1.807, 2.05) is 36.0 Å². The Hall–Kier alpha value is -3.54. The molecule has 0 fully saturated rings. The topological polar surface area (TPSA) is 51.0 Å². The molecule has 0 atom stereocenters. The maximum absolute atomic E-state index is 14.8. The molecule has 0 saturated heterocycles. The predicted molar refractivity (Wildman–Crippen MR) is 104 cm³/mol. The zero-order valence-corrected chi connectivity index (χ0v) is 15.3.